The Kier molecular flexibility index (Phi) is 4.88. The molecule has 106 valence electrons. The van der Waals surface area contributed by atoms with Crippen LogP contribution in [0.15, 0.2) is 30.3 Å². The van der Waals surface area contributed by atoms with E-state index in [1.54, 1.807) is 0 Å². The van der Waals surface area contributed by atoms with E-state index in [9.17, 15) is 0 Å². The molecule has 0 heterocycles. The SMILES string of the molecule is CCc1ccc(Cc2cc(Cl)c(CC)cc2C)cc1C. The standard InChI is InChI=1S/C19H23Cl/c1-5-16-8-7-15(9-13(16)3)11-18-12-19(20)17(6-2)10-14(18)4/h7-10,12H,5-6,11H2,1-4H3. The second-order valence-electron chi connectivity index (χ2n) is 5.51. The summed E-state index contributed by atoms with van der Waals surface area (Å²) in [7, 11) is 0. The molecule has 0 N–H and O–H groups in total. The molecule has 20 heavy (non-hydrogen) atoms. The van der Waals surface area contributed by atoms with Crippen LogP contribution in [0.25, 0.3) is 0 Å². The van der Waals surface area contributed by atoms with Crippen molar-refractivity contribution < 1.29 is 0 Å². The van der Waals surface area contributed by atoms with Crippen molar-refractivity contribution in [3.8, 4) is 0 Å². The highest BCUT2D eigenvalue weighted by atomic mass is 35.5. The molecule has 0 bridgehead atoms. The van der Waals surface area contributed by atoms with Crippen LogP contribution < -0.4 is 0 Å². The van der Waals surface area contributed by atoms with E-state index in [1.807, 2.05) is 0 Å². The van der Waals surface area contributed by atoms with Crippen molar-refractivity contribution in [2.24, 2.45) is 0 Å². The first-order chi connectivity index (χ1) is 9.55. The van der Waals surface area contributed by atoms with Gasteiger partial charge in [-0.25, -0.2) is 0 Å². The van der Waals surface area contributed by atoms with Crippen LogP contribution in [0.3, 0.4) is 0 Å². The minimum atomic E-state index is 0.898. The predicted molar refractivity (Wildman–Crippen MR) is 88.9 cm³/mol. The van der Waals surface area contributed by atoms with Gasteiger partial charge in [-0.15, -0.1) is 0 Å². The van der Waals surface area contributed by atoms with Gasteiger partial charge in [0.15, 0.2) is 0 Å². The fourth-order valence-electron chi connectivity index (χ4n) is 2.73. The van der Waals surface area contributed by atoms with E-state index in [1.165, 1.54) is 33.4 Å². The highest BCUT2D eigenvalue weighted by molar-refractivity contribution is 6.31. The van der Waals surface area contributed by atoms with E-state index in [0.717, 1.165) is 24.3 Å². The van der Waals surface area contributed by atoms with Crippen LogP contribution in [0.2, 0.25) is 5.02 Å². The van der Waals surface area contributed by atoms with Crippen molar-refractivity contribution in [2.45, 2.75) is 47.0 Å². The monoisotopic (exact) mass is 286 g/mol. The zero-order chi connectivity index (χ0) is 14.7. The molecule has 0 spiro atoms. The van der Waals surface area contributed by atoms with Crippen molar-refractivity contribution in [1.29, 1.82) is 0 Å². The van der Waals surface area contributed by atoms with Gasteiger partial charge in [0, 0.05) is 5.02 Å². The first kappa shape index (κ1) is 15.1. The van der Waals surface area contributed by atoms with E-state index < -0.39 is 0 Å². The maximum Gasteiger partial charge on any atom is 0.0440 e. The molecule has 0 atom stereocenters. The first-order valence-electron chi connectivity index (χ1n) is 7.41. The van der Waals surface area contributed by atoms with E-state index in [4.69, 9.17) is 11.6 Å². The topological polar surface area (TPSA) is 0 Å². The summed E-state index contributed by atoms with van der Waals surface area (Å²) in [5, 5.41) is 0.898. The molecule has 2 rings (SSSR count). The molecule has 0 aliphatic rings. The van der Waals surface area contributed by atoms with Gasteiger partial charge in [-0.3, -0.25) is 0 Å². The number of hydrogen-bond acceptors (Lipinski definition) is 0. The Bertz CT molecular complexity index is 611. The highest BCUT2D eigenvalue weighted by Gasteiger charge is 2.07. The molecule has 0 saturated carbocycles. The number of aryl methyl sites for hydroxylation is 4. The van der Waals surface area contributed by atoms with Crippen LogP contribution in [-0.2, 0) is 19.3 Å². The molecule has 0 amide bonds. The van der Waals surface area contributed by atoms with Gasteiger partial charge in [-0.1, -0.05) is 49.7 Å². The summed E-state index contributed by atoms with van der Waals surface area (Å²) in [5.74, 6) is 0. The van der Waals surface area contributed by atoms with Crippen LogP contribution in [0.1, 0.15) is 47.2 Å². The summed E-state index contributed by atoms with van der Waals surface area (Å²) in [6.07, 6.45) is 3.05. The largest absolute Gasteiger partial charge is 0.0840 e. The summed E-state index contributed by atoms with van der Waals surface area (Å²) in [5.41, 5.74) is 8.09. The fourth-order valence-corrected chi connectivity index (χ4v) is 3.05. The highest BCUT2D eigenvalue weighted by Crippen LogP contribution is 2.24. The van der Waals surface area contributed by atoms with Gasteiger partial charge in [-0.2, -0.15) is 0 Å². The third-order valence-electron chi connectivity index (χ3n) is 4.07. The summed E-state index contributed by atoms with van der Waals surface area (Å²) in [6, 6.07) is 11.2. The molecule has 0 aliphatic carbocycles. The third kappa shape index (κ3) is 3.24. The third-order valence-corrected chi connectivity index (χ3v) is 4.42. The Morgan fingerprint density at radius 1 is 0.800 bits per heavy atom. The molecule has 0 aliphatic heterocycles. The van der Waals surface area contributed by atoms with E-state index in [0.29, 0.717) is 0 Å². The van der Waals surface area contributed by atoms with Gasteiger partial charge < -0.3 is 0 Å². The molecule has 2 aromatic rings. The molecule has 0 unspecified atom stereocenters. The summed E-state index contributed by atoms with van der Waals surface area (Å²) < 4.78 is 0. The number of hydrogen-bond donors (Lipinski definition) is 0. The van der Waals surface area contributed by atoms with Crippen LogP contribution in [0.5, 0.6) is 0 Å². The minimum absolute atomic E-state index is 0.898. The lowest BCUT2D eigenvalue weighted by molar-refractivity contribution is 1.07. The summed E-state index contributed by atoms with van der Waals surface area (Å²) >= 11 is 6.35. The lowest BCUT2D eigenvalue weighted by Gasteiger charge is -2.12. The van der Waals surface area contributed by atoms with Gasteiger partial charge in [0.05, 0.1) is 0 Å². The van der Waals surface area contributed by atoms with Crippen LogP contribution >= 0.6 is 11.6 Å². The van der Waals surface area contributed by atoms with E-state index in [-0.39, 0.29) is 0 Å². The second kappa shape index (κ2) is 6.45. The maximum absolute atomic E-state index is 6.35. The molecule has 0 saturated heterocycles. The Balaban J connectivity index is 2.30. The van der Waals surface area contributed by atoms with Crippen molar-refractivity contribution in [2.75, 3.05) is 0 Å². The van der Waals surface area contributed by atoms with Crippen molar-refractivity contribution >= 4 is 11.6 Å². The van der Waals surface area contributed by atoms with Gasteiger partial charge in [0.25, 0.3) is 0 Å². The Labute approximate surface area is 127 Å². The van der Waals surface area contributed by atoms with Crippen molar-refractivity contribution in [3.05, 3.63) is 68.7 Å². The Morgan fingerprint density at radius 3 is 2.05 bits per heavy atom. The van der Waals surface area contributed by atoms with Crippen LogP contribution in [-0.4, -0.2) is 0 Å². The molecule has 1 heteroatoms. The normalized spacial score (nSPS) is 10.8. The molecule has 0 radical (unpaired) electrons. The van der Waals surface area contributed by atoms with Crippen LogP contribution in [0, 0.1) is 13.8 Å². The summed E-state index contributed by atoms with van der Waals surface area (Å²) in [6.45, 7) is 8.73. The van der Waals surface area contributed by atoms with Gasteiger partial charge in [-0.05, 0) is 72.6 Å². The van der Waals surface area contributed by atoms with Gasteiger partial charge >= 0.3 is 0 Å². The second-order valence-corrected chi connectivity index (χ2v) is 5.92. The fraction of sp³-hybridized carbons (Fsp3) is 0.368. The van der Waals surface area contributed by atoms with Gasteiger partial charge in [0.2, 0.25) is 0 Å². The zero-order valence-electron chi connectivity index (χ0n) is 12.9. The zero-order valence-corrected chi connectivity index (χ0v) is 13.6. The summed E-state index contributed by atoms with van der Waals surface area (Å²) in [4.78, 5) is 0. The quantitative estimate of drug-likeness (QED) is 0.679. The van der Waals surface area contributed by atoms with Crippen molar-refractivity contribution in [3.63, 3.8) is 0 Å². The molecular weight excluding hydrogens is 264 g/mol. The first-order valence-corrected chi connectivity index (χ1v) is 7.79. The number of benzene rings is 2. The van der Waals surface area contributed by atoms with Crippen molar-refractivity contribution in [1.82, 2.24) is 0 Å². The Hall–Kier alpha value is -1.27. The van der Waals surface area contributed by atoms with Gasteiger partial charge in [0.1, 0.15) is 0 Å². The lowest BCUT2D eigenvalue weighted by Crippen LogP contribution is -1.96. The smallest absolute Gasteiger partial charge is 0.0440 e. The van der Waals surface area contributed by atoms with E-state index in [2.05, 4.69) is 58.0 Å². The lowest BCUT2D eigenvalue weighted by atomic mass is 9.95. The average Bonchev–Trinajstić information content (AvgIpc) is 2.42. The van der Waals surface area contributed by atoms with Crippen LogP contribution in [0.4, 0.5) is 0 Å². The number of halogens is 1. The molecule has 0 fully saturated rings. The number of rotatable bonds is 4. The average molecular weight is 287 g/mol. The predicted octanol–water partition coefficient (Wildman–Crippen LogP) is 5.67. The Morgan fingerprint density at radius 2 is 1.45 bits per heavy atom. The molecule has 2 aromatic carbocycles. The minimum Gasteiger partial charge on any atom is -0.0840 e. The van der Waals surface area contributed by atoms with E-state index >= 15 is 0 Å². The molecule has 0 nitrogen and oxygen atoms in total. The molecular formula is C19H23Cl. The maximum atomic E-state index is 6.35. The molecule has 0 aromatic heterocycles.